The lowest BCUT2D eigenvalue weighted by Crippen LogP contribution is -2.74. The molecule has 8 rings (SSSR count). The number of fused-ring (bicyclic) bond motifs is 2. The van der Waals surface area contributed by atoms with Gasteiger partial charge in [0, 0.05) is 82.9 Å². The molecule has 3 aliphatic heterocycles. The number of imide groups is 2. The summed E-state index contributed by atoms with van der Waals surface area (Å²) in [5, 5.41) is 16.7. The molecule has 4 aromatic rings. The Bertz CT molecular complexity index is 2270. The van der Waals surface area contributed by atoms with Crippen molar-refractivity contribution in [1.29, 1.82) is 5.26 Å². The highest BCUT2D eigenvalue weighted by molar-refractivity contribution is 6.31. The second-order valence-electron chi connectivity index (χ2n) is 16.2. The van der Waals surface area contributed by atoms with Crippen LogP contribution in [0.25, 0.3) is 10.8 Å². The largest absolute Gasteiger partial charge is 0.489 e. The lowest BCUT2D eigenvalue weighted by molar-refractivity contribution is -0.164. The van der Waals surface area contributed by atoms with Gasteiger partial charge < -0.3 is 19.5 Å². The fourth-order valence-corrected chi connectivity index (χ4v) is 9.61. The van der Waals surface area contributed by atoms with Crippen molar-refractivity contribution in [2.45, 2.75) is 77.6 Å². The quantitative estimate of drug-likeness (QED) is 0.217. The van der Waals surface area contributed by atoms with Crippen molar-refractivity contribution in [1.82, 2.24) is 20.1 Å². The summed E-state index contributed by atoms with van der Waals surface area (Å²) in [5.41, 5.74) is 1.82. The average Bonchev–Trinajstić information content (AvgIpc) is 3.69. The van der Waals surface area contributed by atoms with E-state index < -0.39 is 29.7 Å². The van der Waals surface area contributed by atoms with Gasteiger partial charge in [0.2, 0.25) is 11.8 Å². The molecule has 1 unspecified atom stereocenters. The van der Waals surface area contributed by atoms with Crippen molar-refractivity contribution >= 4 is 57.6 Å². The summed E-state index contributed by atoms with van der Waals surface area (Å²) in [6.45, 7) is 9.94. The van der Waals surface area contributed by atoms with Crippen LogP contribution in [0.1, 0.15) is 96.1 Å². The van der Waals surface area contributed by atoms with Crippen LogP contribution in [0, 0.1) is 22.2 Å². The molecule has 4 heterocycles. The number of rotatable bonds is 7. The standard InChI is InChI=1S/C42H41ClN6O6/c1-41(2)39(42(3,4)40(41)55-29-10-7-24(20-44)32(43)19-29)46-35(51)23-5-8-27(9-6-23)47-15-13-28(14-16-47)48-21-25-17-30-31(18-26(25)22-48)38(54)49(37(30)53)33-11-12-34(50)45-36(33)52/h5-10,17-19,21-22,28,33,39-40H,11-16H2,1-4H3,(H,46,51)(H,45,50,52)/t33?,39-,40-. The SMILES string of the molecule is CC1(C)[C@H](NC(=O)c2ccc(N3CCC(n4cc5cc6c(cc5c4)C(=O)N(C4CCC(=O)NC4=O)C6=O)CC3)cc2)C(C)(C)[C@H]1Oc1ccc(C#N)c(Cl)c1. The van der Waals surface area contributed by atoms with E-state index in [1.165, 1.54) is 0 Å². The summed E-state index contributed by atoms with van der Waals surface area (Å²) in [6, 6.07) is 17.4. The van der Waals surface area contributed by atoms with E-state index in [0.717, 1.165) is 47.3 Å². The van der Waals surface area contributed by atoms with Crippen molar-refractivity contribution < 1.29 is 28.7 Å². The van der Waals surface area contributed by atoms with Gasteiger partial charge in [-0.1, -0.05) is 39.3 Å². The Kier molecular flexibility index (Phi) is 8.76. The van der Waals surface area contributed by atoms with Crippen LogP contribution >= 0.6 is 11.6 Å². The number of hydrogen-bond donors (Lipinski definition) is 2. The number of piperidine rings is 2. The lowest BCUT2D eigenvalue weighted by Gasteiger charge is -2.63. The number of aromatic nitrogens is 1. The van der Waals surface area contributed by atoms with Crippen molar-refractivity contribution in [3.63, 3.8) is 0 Å². The van der Waals surface area contributed by atoms with E-state index in [-0.39, 0.29) is 58.9 Å². The molecule has 0 radical (unpaired) electrons. The van der Waals surface area contributed by atoms with Crippen LogP contribution in [0.15, 0.2) is 67.0 Å². The van der Waals surface area contributed by atoms with Crippen LogP contribution in [0.3, 0.4) is 0 Å². The van der Waals surface area contributed by atoms with Crippen LogP contribution in [0.4, 0.5) is 5.69 Å². The summed E-state index contributed by atoms with van der Waals surface area (Å²) in [7, 11) is 0. The zero-order valence-corrected chi connectivity index (χ0v) is 31.8. The van der Waals surface area contributed by atoms with E-state index in [4.69, 9.17) is 16.3 Å². The molecule has 13 heteroatoms. The van der Waals surface area contributed by atoms with Crippen LogP contribution in [-0.2, 0) is 9.59 Å². The molecule has 1 atom stereocenters. The highest BCUT2D eigenvalue weighted by Crippen LogP contribution is 2.55. The number of amides is 5. The highest BCUT2D eigenvalue weighted by Gasteiger charge is 2.64. The monoisotopic (exact) mass is 760 g/mol. The zero-order chi connectivity index (χ0) is 39.0. The van der Waals surface area contributed by atoms with Crippen molar-refractivity contribution in [2.24, 2.45) is 10.8 Å². The number of carbonyl (C=O) groups excluding carboxylic acids is 5. The van der Waals surface area contributed by atoms with Crippen LogP contribution in [-0.4, -0.2) is 70.3 Å². The number of nitrogens with zero attached hydrogens (tertiary/aromatic N) is 4. The summed E-state index contributed by atoms with van der Waals surface area (Å²) in [4.78, 5) is 67.5. The topological polar surface area (TPSA) is 154 Å². The highest BCUT2D eigenvalue weighted by atomic mass is 35.5. The third-order valence-corrected chi connectivity index (χ3v) is 12.3. The zero-order valence-electron chi connectivity index (χ0n) is 31.0. The number of nitriles is 1. The van der Waals surface area contributed by atoms with E-state index in [0.29, 0.717) is 21.9 Å². The van der Waals surface area contributed by atoms with Gasteiger partial charge in [-0.25, -0.2) is 0 Å². The van der Waals surface area contributed by atoms with E-state index in [2.05, 4.69) is 53.9 Å². The molecule has 5 amide bonds. The number of nitrogens with one attached hydrogen (secondary N) is 2. The summed E-state index contributed by atoms with van der Waals surface area (Å²) < 4.78 is 8.53. The van der Waals surface area contributed by atoms with Gasteiger partial charge in [-0.2, -0.15) is 5.26 Å². The first-order chi connectivity index (χ1) is 26.2. The number of hydrogen-bond acceptors (Lipinski definition) is 8. The summed E-state index contributed by atoms with van der Waals surface area (Å²) in [6.07, 6.45) is 5.79. The molecule has 4 aliphatic rings. The summed E-state index contributed by atoms with van der Waals surface area (Å²) >= 11 is 6.24. The molecular weight excluding hydrogens is 720 g/mol. The Labute approximate surface area is 323 Å². The van der Waals surface area contributed by atoms with E-state index in [1.54, 1.807) is 30.3 Å². The van der Waals surface area contributed by atoms with Gasteiger partial charge in [-0.05, 0) is 67.8 Å². The Hall–Kier alpha value is -5.67. The molecule has 1 aromatic heterocycles. The fourth-order valence-electron chi connectivity index (χ4n) is 9.40. The first-order valence-electron chi connectivity index (χ1n) is 18.6. The molecule has 3 fully saturated rings. The molecule has 2 N–H and O–H groups in total. The molecule has 0 spiro atoms. The molecule has 1 aliphatic carbocycles. The Morgan fingerprint density at radius 2 is 1.51 bits per heavy atom. The van der Waals surface area contributed by atoms with Crippen molar-refractivity contribution in [3.8, 4) is 11.8 Å². The van der Waals surface area contributed by atoms with Gasteiger partial charge in [-0.3, -0.25) is 34.2 Å². The molecular formula is C42H41ClN6O6. The van der Waals surface area contributed by atoms with Gasteiger partial charge in [0.1, 0.15) is 24.0 Å². The molecule has 2 saturated heterocycles. The number of carbonyl (C=O) groups is 5. The van der Waals surface area contributed by atoms with E-state index in [9.17, 15) is 29.2 Å². The maximum atomic E-state index is 13.5. The molecule has 55 heavy (non-hydrogen) atoms. The Balaban J connectivity index is 0.876. The minimum Gasteiger partial charge on any atom is -0.489 e. The van der Waals surface area contributed by atoms with Crippen molar-refractivity contribution in [3.05, 3.63) is 94.3 Å². The van der Waals surface area contributed by atoms with Gasteiger partial charge in [-0.15, -0.1) is 0 Å². The fraction of sp³-hybridized carbons (Fsp3) is 0.381. The number of ether oxygens (including phenoxy) is 1. The number of halogens is 1. The Morgan fingerprint density at radius 1 is 0.891 bits per heavy atom. The van der Waals surface area contributed by atoms with Crippen LogP contribution in [0.5, 0.6) is 5.75 Å². The third kappa shape index (κ3) is 6.11. The Morgan fingerprint density at radius 3 is 2.07 bits per heavy atom. The van der Waals surface area contributed by atoms with E-state index in [1.807, 2.05) is 36.7 Å². The van der Waals surface area contributed by atoms with Gasteiger partial charge in [0.15, 0.2) is 0 Å². The molecule has 3 aromatic carbocycles. The smallest absolute Gasteiger partial charge is 0.262 e. The molecule has 282 valence electrons. The van der Waals surface area contributed by atoms with Crippen molar-refractivity contribution in [2.75, 3.05) is 18.0 Å². The second-order valence-corrected chi connectivity index (χ2v) is 16.7. The van der Waals surface area contributed by atoms with E-state index >= 15 is 0 Å². The summed E-state index contributed by atoms with van der Waals surface area (Å²) in [5.74, 6) is -1.61. The molecule has 1 saturated carbocycles. The first-order valence-corrected chi connectivity index (χ1v) is 18.9. The molecule has 12 nitrogen and oxygen atoms in total. The van der Waals surface area contributed by atoms with Crippen LogP contribution < -0.4 is 20.3 Å². The minimum absolute atomic E-state index is 0.0774. The third-order valence-electron chi connectivity index (χ3n) is 12.0. The van der Waals surface area contributed by atoms with Gasteiger partial charge >= 0.3 is 0 Å². The predicted molar refractivity (Wildman–Crippen MR) is 205 cm³/mol. The number of benzene rings is 3. The lowest BCUT2D eigenvalue weighted by atomic mass is 9.49. The molecule has 0 bridgehead atoms. The average molecular weight is 761 g/mol. The normalized spacial score (nSPS) is 23.2. The first kappa shape index (κ1) is 36.3. The van der Waals surface area contributed by atoms with Gasteiger partial charge in [0.25, 0.3) is 17.7 Å². The maximum absolute atomic E-state index is 13.5. The van der Waals surface area contributed by atoms with Crippen LogP contribution in [0.2, 0.25) is 5.02 Å². The maximum Gasteiger partial charge on any atom is 0.262 e. The predicted octanol–water partition coefficient (Wildman–Crippen LogP) is 6.02. The number of anilines is 1. The minimum atomic E-state index is -0.993. The second kappa shape index (κ2) is 13.3. The van der Waals surface area contributed by atoms with Gasteiger partial charge in [0.05, 0.1) is 21.7 Å².